The zero-order valence-electron chi connectivity index (χ0n) is 14.9. The Morgan fingerprint density at radius 3 is 2.41 bits per heavy atom. The van der Waals surface area contributed by atoms with Crippen molar-refractivity contribution in [1.82, 2.24) is 4.90 Å². The van der Waals surface area contributed by atoms with Crippen LogP contribution in [0.4, 0.5) is 0 Å². The van der Waals surface area contributed by atoms with Crippen LogP contribution in [-0.4, -0.2) is 24.0 Å². The number of nitriles is 3. The second-order valence-electron chi connectivity index (χ2n) is 7.49. The zero-order chi connectivity index (χ0) is 19.3. The Balaban J connectivity index is 2.04. The van der Waals surface area contributed by atoms with E-state index < -0.39 is 11.3 Å². The molecule has 0 radical (unpaired) electrons. The van der Waals surface area contributed by atoms with Crippen molar-refractivity contribution < 1.29 is 0 Å². The number of rotatable bonds is 1. The predicted molar refractivity (Wildman–Crippen MR) is 104 cm³/mol. The highest BCUT2D eigenvalue weighted by Crippen LogP contribution is 2.58. The lowest BCUT2D eigenvalue weighted by Crippen LogP contribution is -2.51. The number of likely N-dealkylation sites (N-methyl/N-ethyl adjacent to an activating group) is 1. The SMILES string of the molecule is CN1C2C=C3C(C#N)=C(N)C(C#N)(C#N)[C@H](c4ccc(Br)cc4)[C@H]3C1CC2. The first-order chi connectivity index (χ1) is 13.0. The molecular weight excluding hydrogens is 402 g/mol. The van der Waals surface area contributed by atoms with Gasteiger partial charge in [0, 0.05) is 28.4 Å². The van der Waals surface area contributed by atoms with Gasteiger partial charge in [-0.15, -0.1) is 0 Å². The van der Waals surface area contributed by atoms with Crippen molar-refractivity contribution in [1.29, 1.82) is 15.8 Å². The van der Waals surface area contributed by atoms with E-state index >= 15 is 0 Å². The maximum atomic E-state index is 10.1. The number of allylic oxidation sites excluding steroid dienone is 2. The standard InChI is InChI=1S/C21H18BrN5/c1-27-14-6-7-17(27)18-15(8-14)16(9-23)20(26)21(10-24,11-25)19(18)12-2-4-13(22)5-3-12/h2-5,8,14,17-19H,6-7,26H2,1H3/t14?,17?,18-,19-/m1/s1. The van der Waals surface area contributed by atoms with Crippen molar-refractivity contribution in [2.24, 2.45) is 17.1 Å². The summed E-state index contributed by atoms with van der Waals surface area (Å²) in [7, 11) is 2.09. The number of hydrogen-bond acceptors (Lipinski definition) is 5. The van der Waals surface area contributed by atoms with E-state index in [0.717, 1.165) is 28.5 Å². The molecule has 134 valence electrons. The fourth-order valence-corrected chi connectivity index (χ4v) is 5.40. The van der Waals surface area contributed by atoms with Crippen LogP contribution in [0.1, 0.15) is 24.3 Å². The molecule has 0 saturated carbocycles. The maximum absolute atomic E-state index is 10.1. The van der Waals surface area contributed by atoms with E-state index in [2.05, 4.69) is 52.2 Å². The van der Waals surface area contributed by atoms with Gasteiger partial charge in [0.2, 0.25) is 0 Å². The van der Waals surface area contributed by atoms with Gasteiger partial charge in [-0.3, -0.25) is 4.90 Å². The molecule has 4 atom stereocenters. The largest absolute Gasteiger partial charge is 0.399 e. The molecular formula is C21H18BrN5. The minimum Gasteiger partial charge on any atom is -0.399 e. The van der Waals surface area contributed by atoms with Crippen molar-refractivity contribution in [2.45, 2.75) is 30.8 Å². The Kier molecular flexibility index (Phi) is 4.11. The van der Waals surface area contributed by atoms with E-state index in [1.807, 2.05) is 24.3 Å². The summed E-state index contributed by atoms with van der Waals surface area (Å²) < 4.78 is 0.931. The molecule has 0 spiro atoms. The molecule has 0 aromatic heterocycles. The van der Waals surface area contributed by atoms with Gasteiger partial charge in [-0.2, -0.15) is 15.8 Å². The first kappa shape index (κ1) is 17.8. The molecule has 1 aromatic rings. The summed E-state index contributed by atoms with van der Waals surface area (Å²) >= 11 is 3.45. The van der Waals surface area contributed by atoms with E-state index in [0.29, 0.717) is 5.57 Å². The summed E-state index contributed by atoms with van der Waals surface area (Å²) in [6.45, 7) is 0. The van der Waals surface area contributed by atoms with Gasteiger partial charge in [-0.25, -0.2) is 0 Å². The molecule has 2 N–H and O–H groups in total. The molecule has 0 amide bonds. The van der Waals surface area contributed by atoms with E-state index in [1.54, 1.807) is 0 Å². The van der Waals surface area contributed by atoms with E-state index in [4.69, 9.17) is 5.73 Å². The van der Waals surface area contributed by atoms with Crippen LogP contribution in [0.5, 0.6) is 0 Å². The maximum Gasteiger partial charge on any atom is 0.191 e. The Bertz CT molecular complexity index is 971. The van der Waals surface area contributed by atoms with Crippen molar-refractivity contribution in [3.8, 4) is 18.2 Å². The van der Waals surface area contributed by atoms with Crippen molar-refractivity contribution in [2.75, 3.05) is 7.05 Å². The Morgan fingerprint density at radius 2 is 1.81 bits per heavy atom. The lowest BCUT2D eigenvalue weighted by molar-refractivity contribution is 0.160. The van der Waals surface area contributed by atoms with Crippen LogP contribution >= 0.6 is 15.9 Å². The summed E-state index contributed by atoms with van der Waals surface area (Å²) in [6.07, 6.45) is 4.12. The lowest BCUT2D eigenvalue weighted by atomic mass is 9.56. The topological polar surface area (TPSA) is 101 Å². The quantitative estimate of drug-likeness (QED) is 0.751. The molecule has 1 fully saturated rings. The minimum atomic E-state index is -1.56. The van der Waals surface area contributed by atoms with Gasteiger partial charge in [0.15, 0.2) is 5.41 Å². The van der Waals surface area contributed by atoms with Crippen LogP contribution in [-0.2, 0) is 0 Å². The Morgan fingerprint density at radius 1 is 1.15 bits per heavy atom. The smallest absolute Gasteiger partial charge is 0.191 e. The number of benzene rings is 1. The average molecular weight is 420 g/mol. The van der Waals surface area contributed by atoms with Crippen LogP contribution in [0.15, 0.2) is 51.7 Å². The molecule has 27 heavy (non-hydrogen) atoms. The van der Waals surface area contributed by atoms with E-state index in [-0.39, 0.29) is 23.7 Å². The molecule has 3 aliphatic rings. The normalized spacial score (nSPS) is 31.3. The van der Waals surface area contributed by atoms with Gasteiger partial charge >= 0.3 is 0 Å². The number of halogens is 1. The molecule has 1 aromatic carbocycles. The van der Waals surface area contributed by atoms with Gasteiger partial charge in [0.25, 0.3) is 0 Å². The van der Waals surface area contributed by atoms with E-state index in [1.165, 1.54) is 0 Å². The summed E-state index contributed by atoms with van der Waals surface area (Å²) in [5, 5.41) is 30.0. The highest BCUT2D eigenvalue weighted by Gasteiger charge is 2.58. The van der Waals surface area contributed by atoms with Crippen LogP contribution in [0.2, 0.25) is 0 Å². The second-order valence-corrected chi connectivity index (χ2v) is 8.40. The summed E-state index contributed by atoms with van der Waals surface area (Å²) in [5.74, 6) is -0.536. The van der Waals surface area contributed by atoms with Crippen molar-refractivity contribution >= 4 is 15.9 Å². The van der Waals surface area contributed by atoms with Crippen molar-refractivity contribution in [3.63, 3.8) is 0 Å². The highest BCUT2D eigenvalue weighted by atomic mass is 79.9. The first-order valence-electron chi connectivity index (χ1n) is 8.90. The molecule has 1 saturated heterocycles. The van der Waals surface area contributed by atoms with Gasteiger partial charge in [0.1, 0.15) is 6.07 Å². The third-order valence-electron chi connectivity index (χ3n) is 6.45. The van der Waals surface area contributed by atoms with Gasteiger partial charge in [-0.05, 0) is 43.2 Å². The third-order valence-corrected chi connectivity index (χ3v) is 6.98. The molecule has 2 heterocycles. The molecule has 4 rings (SSSR count). The number of nitrogens with two attached hydrogens (primary N) is 1. The molecule has 6 heteroatoms. The predicted octanol–water partition coefficient (Wildman–Crippen LogP) is 3.34. The Hall–Kier alpha value is -2.59. The number of nitrogens with zero attached hydrogens (tertiary/aromatic N) is 4. The molecule has 2 aliphatic heterocycles. The molecule has 5 nitrogen and oxygen atoms in total. The fraction of sp³-hybridized carbons (Fsp3) is 0.381. The lowest BCUT2D eigenvalue weighted by Gasteiger charge is -2.48. The van der Waals surface area contributed by atoms with Gasteiger partial charge in [0.05, 0.1) is 23.4 Å². The minimum absolute atomic E-state index is 0.0920. The van der Waals surface area contributed by atoms with Crippen LogP contribution in [0.25, 0.3) is 0 Å². The summed E-state index contributed by atoms with van der Waals surface area (Å²) in [6, 6.07) is 14.8. The zero-order valence-corrected chi connectivity index (χ0v) is 16.4. The second kappa shape index (κ2) is 6.24. The summed E-state index contributed by atoms with van der Waals surface area (Å²) in [5.41, 5.74) is 7.01. The monoisotopic (exact) mass is 419 g/mol. The average Bonchev–Trinajstić information content (AvgIpc) is 2.91. The first-order valence-corrected chi connectivity index (χ1v) is 9.70. The van der Waals surface area contributed by atoms with Crippen LogP contribution in [0.3, 0.4) is 0 Å². The van der Waals surface area contributed by atoms with Gasteiger partial charge in [-0.1, -0.05) is 34.1 Å². The molecule has 2 bridgehead atoms. The molecule has 2 unspecified atom stereocenters. The van der Waals surface area contributed by atoms with E-state index in [9.17, 15) is 15.8 Å². The number of fused-ring (bicyclic) bond motifs is 4. The highest BCUT2D eigenvalue weighted by molar-refractivity contribution is 9.10. The van der Waals surface area contributed by atoms with Crippen molar-refractivity contribution in [3.05, 3.63) is 57.2 Å². The number of hydrogen-bond donors (Lipinski definition) is 1. The Labute approximate surface area is 167 Å². The van der Waals surface area contributed by atoms with Crippen LogP contribution < -0.4 is 5.73 Å². The van der Waals surface area contributed by atoms with Gasteiger partial charge < -0.3 is 5.73 Å². The summed E-state index contributed by atoms with van der Waals surface area (Å²) in [4.78, 5) is 2.32. The third kappa shape index (κ3) is 2.29. The fourth-order valence-electron chi connectivity index (χ4n) is 5.13. The van der Waals surface area contributed by atoms with Crippen LogP contribution in [0, 0.1) is 45.3 Å². The molecule has 1 aliphatic carbocycles.